The van der Waals surface area contributed by atoms with Gasteiger partial charge in [-0.25, -0.2) is 18.1 Å². The van der Waals surface area contributed by atoms with E-state index < -0.39 is 10.0 Å². The summed E-state index contributed by atoms with van der Waals surface area (Å²) in [6.07, 6.45) is 0. The first-order valence-corrected chi connectivity index (χ1v) is 8.28. The molecule has 3 N–H and O–H groups in total. The number of thiazole rings is 1. The number of nitrogens with one attached hydrogen (secondary N) is 1. The summed E-state index contributed by atoms with van der Waals surface area (Å²) in [6, 6.07) is 3.88. The smallest absolute Gasteiger partial charge is 0.252 e. The minimum atomic E-state index is -3.53. The Bertz CT molecular complexity index is 658. The average Bonchev–Trinajstić information content (AvgIpc) is 2.82. The van der Waals surface area contributed by atoms with Gasteiger partial charge in [0.1, 0.15) is 0 Å². The van der Waals surface area contributed by atoms with Gasteiger partial charge in [0.25, 0.3) is 10.0 Å². The number of aryl methyl sites for hydroxylation is 2. The van der Waals surface area contributed by atoms with Crippen molar-refractivity contribution in [3.8, 4) is 0 Å². The highest BCUT2D eigenvalue weighted by Gasteiger charge is 2.20. The number of anilines is 1. The van der Waals surface area contributed by atoms with E-state index in [0.29, 0.717) is 5.69 Å². The quantitative estimate of drug-likeness (QED) is 0.903. The van der Waals surface area contributed by atoms with E-state index in [1.165, 1.54) is 0 Å². The molecule has 0 saturated heterocycles. The number of rotatable bonds is 4. The van der Waals surface area contributed by atoms with E-state index in [4.69, 9.17) is 5.73 Å². The van der Waals surface area contributed by atoms with Gasteiger partial charge >= 0.3 is 0 Å². The van der Waals surface area contributed by atoms with E-state index in [9.17, 15) is 8.42 Å². The fourth-order valence-electron chi connectivity index (χ4n) is 1.46. The molecule has 5 nitrogen and oxygen atoms in total. The molecule has 0 unspecified atom stereocenters. The Balaban J connectivity index is 2.15. The lowest BCUT2D eigenvalue weighted by atomic mass is 10.4. The number of nitrogens with two attached hydrogens (primary N) is 1. The lowest BCUT2D eigenvalue weighted by Gasteiger charge is -2.03. The maximum absolute atomic E-state index is 12.1. The van der Waals surface area contributed by atoms with Crippen molar-refractivity contribution in [1.82, 2.24) is 9.71 Å². The number of hydrogen-bond donors (Lipinski definition) is 2. The van der Waals surface area contributed by atoms with Gasteiger partial charge in [0.05, 0.1) is 5.69 Å². The second-order valence-electron chi connectivity index (χ2n) is 3.76. The summed E-state index contributed by atoms with van der Waals surface area (Å²) in [7, 11) is -3.53. The Morgan fingerprint density at radius 3 is 2.56 bits per heavy atom. The standard InChI is InChI=1S/C10H13N3O2S3/c1-6-3-4-8(16-6)5-12-18(14,15)9-7(2)13-10(11)17-9/h3-4,12H,5H2,1-2H3,(H2,11,13). The third kappa shape index (κ3) is 2.89. The summed E-state index contributed by atoms with van der Waals surface area (Å²) in [6.45, 7) is 3.91. The molecule has 2 aromatic rings. The summed E-state index contributed by atoms with van der Waals surface area (Å²) in [5, 5.41) is 0.264. The van der Waals surface area contributed by atoms with Crippen LogP contribution in [0, 0.1) is 13.8 Å². The van der Waals surface area contributed by atoms with Crippen LogP contribution in [0.5, 0.6) is 0 Å². The Morgan fingerprint density at radius 1 is 1.33 bits per heavy atom. The topological polar surface area (TPSA) is 85.1 Å². The molecule has 0 aromatic carbocycles. The molecule has 8 heteroatoms. The molecule has 0 bridgehead atoms. The SMILES string of the molecule is Cc1ccc(CNS(=O)(=O)c2sc(N)nc2C)s1. The van der Waals surface area contributed by atoms with Crippen molar-refractivity contribution >= 4 is 37.8 Å². The highest BCUT2D eigenvalue weighted by Crippen LogP contribution is 2.25. The van der Waals surface area contributed by atoms with E-state index in [-0.39, 0.29) is 15.9 Å². The van der Waals surface area contributed by atoms with Gasteiger partial charge in [0, 0.05) is 16.3 Å². The van der Waals surface area contributed by atoms with E-state index in [1.807, 2.05) is 19.1 Å². The molecule has 2 aromatic heterocycles. The van der Waals surface area contributed by atoms with Crippen molar-refractivity contribution in [2.45, 2.75) is 24.6 Å². The molecule has 0 aliphatic rings. The van der Waals surface area contributed by atoms with Gasteiger partial charge in [0.2, 0.25) is 0 Å². The summed E-state index contributed by atoms with van der Waals surface area (Å²) in [5.41, 5.74) is 5.94. The fourth-order valence-corrected chi connectivity index (χ4v) is 4.73. The Hall–Kier alpha value is -0.960. The molecule has 0 aliphatic heterocycles. The molecule has 0 atom stereocenters. The monoisotopic (exact) mass is 303 g/mol. The molecular weight excluding hydrogens is 290 g/mol. The van der Waals surface area contributed by atoms with E-state index in [1.54, 1.807) is 18.3 Å². The number of nitrogens with zero attached hydrogens (tertiary/aromatic N) is 1. The van der Waals surface area contributed by atoms with Crippen molar-refractivity contribution < 1.29 is 8.42 Å². The zero-order valence-corrected chi connectivity index (χ0v) is 12.4. The van der Waals surface area contributed by atoms with Gasteiger partial charge in [-0.05, 0) is 26.0 Å². The van der Waals surface area contributed by atoms with Crippen LogP contribution >= 0.6 is 22.7 Å². The Morgan fingerprint density at radius 2 is 2.06 bits per heavy atom. The van der Waals surface area contributed by atoms with Crippen LogP contribution in [0.1, 0.15) is 15.4 Å². The third-order valence-electron chi connectivity index (χ3n) is 2.25. The van der Waals surface area contributed by atoms with Crippen LogP contribution in [0.25, 0.3) is 0 Å². The maximum Gasteiger partial charge on any atom is 0.252 e. The minimum absolute atomic E-state index is 0.188. The number of thiophene rings is 1. The highest BCUT2D eigenvalue weighted by molar-refractivity contribution is 7.91. The van der Waals surface area contributed by atoms with Crippen LogP contribution in [-0.2, 0) is 16.6 Å². The van der Waals surface area contributed by atoms with E-state index in [0.717, 1.165) is 21.1 Å². The Kier molecular flexibility index (Phi) is 3.71. The van der Waals surface area contributed by atoms with Crippen molar-refractivity contribution in [3.05, 3.63) is 27.6 Å². The third-order valence-corrected chi connectivity index (χ3v) is 6.25. The van der Waals surface area contributed by atoms with Gasteiger partial charge in [-0.3, -0.25) is 0 Å². The lowest BCUT2D eigenvalue weighted by Crippen LogP contribution is -2.22. The van der Waals surface area contributed by atoms with Crippen LogP contribution in [0.3, 0.4) is 0 Å². The second kappa shape index (κ2) is 4.96. The number of aromatic nitrogens is 1. The largest absolute Gasteiger partial charge is 0.375 e. The van der Waals surface area contributed by atoms with Gasteiger partial charge in [-0.15, -0.1) is 11.3 Å². The first-order chi connectivity index (χ1) is 8.38. The van der Waals surface area contributed by atoms with Crippen LogP contribution < -0.4 is 10.5 Å². The van der Waals surface area contributed by atoms with Crippen LogP contribution in [0.2, 0.25) is 0 Å². The first kappa shape index (κ1) is 13.5. The second-order valence-corrected chi connectivity index (χ2v) is 8.13. The molecule has 0 amide bonds. The number of sulfonamides is 1. The maximum atomic E-state index is 12.1. The highest BCUT2D eigenvalue weighted by atomic mass is 32.2. The average molecular weight is 303 g/mol. The predicted octanol–water partition coefficient (Wildman–Crippen LogP) is 1.88. The molecule has 2 rings (SSSR count). The van der Waals surface area contributed by atoms with Crippen molar-refractivity contribution in [2.75, 3.05) is 5.73 Å². The molecule has 2 heterocycles. The number of nitrogen functional groups attached to an aromatic ring is 1. The van der Waals surface area contributed by atoms with Crippen LogP contribution in [0.15, 0.2) is 16.3 Å². The summed E-state index contributed by atoms with van der Waals surface area (Å²) < 4.78 is 26.9. The Labute approximate surface area is 114 Å². The zero-order valence-electron chi connectivity index (χ0n) is 9.93. The molecule has 18 heavy (non-hydrogen) atoms. The van der Waals surface area contributed by atoms with E-state index in [2.05, 4.69) is 9.71 Å². The summed E-state index contributed by atoms with van der Waals surface area (Å²) >= 11 is 2.55. The van der Waals surface area contributed by atoms with Crippen molar-refractivity contribution in [1.29, 1.82) is 0 Å². The van der Waals surface area contributed by atoms with Crippen molar-refractivity contribution in [2.24, 2.45) is 0 Å². The van der Waals surface area contributed by atoms with Gasteiger partial charge in [0.15, 0.2) is 9.34 Å². The normalized spacial score (nSPS) is 11.9. The van der Waals surface area contributed by atoms with Crippen LogP contribution in [-0.4, -0.2) is 13.4 Å². The predicted molar refractivity (Wildman–Crippen MR) is 74.3 cm³/mol. The molecule has 0 radical (unpaired) electrons. The van der Waals surface area contributed by atoms with Crippen molar-refractivity contribution in [3.63, 3.8) is 0 Å². The molecule has 98 valence electrons. The molecule has 0 saturated carbocycles. The molecule has 0 fully saturated rings. The van der Waals surface area contributed by atoms with E-state index >= 15 is 0 Å². The lowest BCUT2D eigenvalue weighted by molar-refractivity contribution is 0.583. The molecular formula is C10H13N3O2S3. The molecule has 0 spiro atoms. The van der Waals surface area contributed by atoms with Gasteiger partial charge in [-0.2, -0.15) is 0 Å². The summed E-state index contributed by atoms with van der Waals surface area (Å²) in [5.74, 6) is 0. The number of hydrogen-bond acceptors (Lipinski definition) is 6. The first-order valence-electron chi connectivity index (χ1n) is 5.16. The van der Waals surface area contributed by atoms with Crippen LogP contribution in [0.4, 0.5) is 5.13 Å². The minimum Gasteiger partial charge on any atom is -0.375 e. The zero-order chi connectivity index (χ0) is 13.3. The fraction of sp³-hybridized carbons (Fsp3) is 0.300. The van der Waals surface area contributed by atoms with Gasteiger partial charge < -0.3 is 5.73 Å². The van der Waals surface area contributed by atoms with Gasteiger partial charge in [-0.1, -0.05) is 11.3 Å². The summed E-state index contributed by atoms with van der Waals surface area (Å²) in [4.78, 5) is 6.05. The molecule has 0 aliphatic carbocycles.